The summed E-state index contributed by atoms with van der Waals surface area (Å²) in [7, 11) is 3.49. The third-order valence-corrected chi connectivity index (χ3v) is 2.20. The lowest BCUT2D eigenvalue weighted by atomic mass is 10.2. The first-order chi connectivity index (χ1) is 8.27. The first-order valence-corrected chi connectivity index (χ1v) is 5.49. The summed E-state index contributed by atoms with van der Waals surface area (Å²) in [5.74, 6) is 0.644. The van der Waals surface area contributed by atoms with Gasteiger partial charge in [0.15, 0.2) is 5.96 Å². The second kappa shape index (κ2) is 9.69. The van der Waals surface area contributed by atoms with Gasteiger partial charge < -0.3 is 16.0 Å². The van der Waals surface area contributed by atoms with E-state index in [4.69, 9.17) is 0 Å². The Morgan fingerprint density at radius 3 is 2.33 bits per heavy atom. The molecule has 1 aromatic carbocycles. The summed E-state index contributed by atoms with van der Waals surface area (Å²) in [5.41, 5.74) is 0.672. The maximum absolute atomic E-state index is 11.6. The molecule has 0 radical (unpaired) electrons. The van der Waals surface area contributed by atoms with Gasteiger partial charge >= 0.3 is 0 Å². The summed E-state index contributed by atoms with van der Waals surface area (Å²) in [6.07, 6.45) is 0. The van der Waals surface area contributed by atoms with Crippen LogP contribution in [0.25, 0.3) is 0 Å². The number of hydrogen-bond acceptors (Lipinski definition) is 2. The molecule has 18 heavy (non-hydrogen) atoms. The lowest BCUT2D eigenvalue weighted by molar-refractivity contribution is 0.0954. The molecule has 100 valence electrons. The van der Waals surface area contributed by atoms with Crippen molar-refractivity contribution in [3.05, 3.63) is 35.9 Å². The van der Waals surface area contributed by atoms with Gasteiger partial charge in [-0.15, -0.1) is 24.0 Å². The summed E-state index contributed by atoms with van der Waals surface area (Å²) in [6, 6.07) is 9.14. The zero-order chi connectivity index (χ0) is 12.5. The minimum absolute atomic E-state index is 0. The van der Waals surface area contributed by atoms with E-state index in [0.717, 1.165) is 0 Å². The molecule has 0 heterocycles. The summed E-state index contributed by atoms with van der Waals surface area (Å²) in [4.78, 5) is 15.6. The fourth-order valence-corrected chi connectivity index (χ4v) is 1.33. The Labute approximate surface area is 124 Å². The SMILES string of the molecule is CN=C(NC)NCCNC(=O)c1ccccc1.I. The number of nitrogens with zero attached hydrogens (tertiary/aromatic N) is 1. The van der Waals surface area contributed by atoms with Crippen LogP contribution < -0.4 is 16.0 Å². The highest BCUT2D eigenvalue weighted by atomic mass is 127. The topological polar surface area (TPSA) is 65.5 Å². The molecular formula is C12H19IN4O. The van der Waals surface area contributed by atoms with Crippen LogP contribution in [0, 0.1) is 0 Å². The van der Waals surface area contributed by atoms with Crippen LogP contribution in [0.5, 0.6) is 0 Å². The first kappa shape index (κ1) is 16.7. The number of carbonyl (C=O) groups excluding carboxylic acids is 1. The van der Waals surface area contributed by atoms with Gasteiger partial charge in [0, 0.05) is 32.7 Å². The number of nitrogens with one attached hydrogen (secondary N) is 3. The first-order valence-electron chi connectivity index (χ1n) is 5.49. The monoisotopic (exact) mass is 362 g/mol. The van der Waals surface area contributed by atoms with E-state index in [1.54, 1.807) is 26.2 Å². The molecule has 0 aliphatic rings. The molecule has 0 aromatic heterocycles. The zero-order valence-electron chi connectivity index (χ0n) is 10.6. The largest absolute Gasteiger partial charge is 0.359 e. The van der Waals surface area contributed by atoms with Crippen LogP contribution in [0.15, 0.2) is 35.3 Å². The fraction of sp³-hybridized carbons (Fsp3) is 0.333. The maximum Gasteiger partial charge on any atom is 0.251 e. The van der Waals surface area contributed by atoms with Crippen molar-refractivity contribution in [2.45, 2.75) is 0 Å². The number of rotatable bonds is 4. The molecule has 0 atom stereocenters. The normalized spacial score (nSPS) is 10.2. The molecule has 0 fully saturated rings. The van der Waals surface area contributed by atoms with Gasteiger partial charge in [-0.3, -0.25) is 9.79 Å². The number of guanidine groups is 1. The number of hydrogen-bond donors (Lipinski definition) is 3. The predicted octanol–water partition coefficient (Wildman–Crippen LogP) is 0.829. The predicted molar refractivity (Wildman–Crippen MR) is 84.6 cm³/mol. The number of amides is 1. The second-order valence-corrected chi connectivity index (χ2v) is 3.37. The van der Waals surface area contributed by atoms with Gasteiger partial charge in [-0.2, -0.15) is 0 Å². The molecule has 0 spiro atoms. The van der Waals surface area contributed by atoms with Crippen molar-refractivity contribution < 1.29 is 4.79 Å². The summed E-state index contributed by atoms with van der Waals surface area (Å²) in [5, 5.41) is 8.77. The summed E-state index contributed by atoms with van der Waals surface area (Å²) < 4.78 is 0. The van der Waals surface area contributed by atoms with Gasteiger partial charge in [-0.25, -0.2) is 0 Å². The molecule has 1 aromatic rings. The zero-order valence-corrected chi connectivity index (χ0v) is 12.9. The molecule has 0 saturated carbocycles. The Bertz CT molecular complexity index is 381. The third-order valence-electron chi connectivity index (χ3n) is 2.20. The molecule has 6 heteroatoms. The Morgan fingerprint density at radius 2 is 1.78 bits per heavy atom. The van der Waals surface area contributed by atoms with Crippen LogP contribution in [-0.2, 0) is 0 Å². The van der Waals surface area contributed by atoms with Crippen LogP contribution in [0.4, 0.5) is 0 Å². The minimum Gasteiger partial charge on any atom is -0.359 e. The van der Waals surface area contributed by atoms with Crippen LogP contribution in [0.3, 0.4) is 0 Å². The van der Waals surface area contributed by atoms with Gasteiger partial charge in [-0.05, 0) is 12.1 Å². The molecule has 0 unspecified atom stereocenters. The molecule has 0 saturated heterocycles. The van der Waals surface area contributed by atoms with Crippen LogP contribution >= 0.6 is 24.0 Å². The Hall–Kier alpha value is -1.31. The van der Waals surface area contributed by atoms with E-state index in [2.05, 4.69) is 20.9 Å². The molecule has 1 amide bonds. The van der Waals surface area contributed by atoms with E-state index in [9.17, 15) is 4.79 Å². The van der Waals surface area contributed by atoms with Crippen molar-refractivity contribution in [3.8, 4) is 0 Å². The van der Waals surface area contributed by atoms with Crippen molar-refractivity contribution in [2.24, 2.45) is 4.99 Å². The van der Waals surface area contributed by atoms with E-state index in [1.807, 2.05) is 18.2 Å². The van der Waals surface area contributed by atoms with Gasteiger partial charge in [0.25, 0.3) is 5.91 Å². The summed E-state index contributed by atoms with van der Waals surface area (Å²) >= 11 is 0. The summed E-state index contributed by atoms with van der Waals surface area (Å²) in [6.45, 7) is 1.18. The van der Waals surface area contributed by atoms with Gasteiger partial charge in [0.2, 0.25) is 0 Å². The van der Waals surface area contributed by atoms with E-state index >= 15 is 0 Å². The highest BCUT2D eigenvalue weighted by Crippen LogP contribution is 1.96. The van der Waals surface area contributed by atoms with E-state index in [1.165, 1.54) is 0 Å². The molecule has 5 nitrogen and oxygen atoms in total. The van der Waals surface area contributed by atoms with Crippen molar-refractivity contribution >= 4 is 35.8 Å². The Balaban J connectivity index is 0.00000289. The lowest BCUT2D eigenvalue weighted by Gasteiger charge is -2.09. The van der Waals surface area contributed by atoms with E-state index < -0.39 is 0 Å². The standard InChI is InChI=1S/C12H18N4O.HI/c1-13-12(14-2)16-9-8-15-11(17)10-6-4-3-5-7-10;/h3-7H,8-9H2,1-2H3,(H,15,17)(H2,13,14,16);1H. The molecular weight excluding hydrogens is 343 g/mol. The highest BCUT2D eigenvalue weighted by Gasteiger charge is 2.02. The number of benzene rings is 1. The fourth-order valence-electron chi connectivity index (χ4n) is 1.33. The minimum atomic E-state index is -0.0631. The van der Waals surface area contributed by atoms with Crippen LogP contribution in [-0.4, -0.2) is 39.1 Å². The van der Waals surface area contributed by atoms with Crippen molar-refractivity contribution in [1.29, 1.82) is 0 Å². The molecule has 3 N–H and O–H groups in total. The van der Waals surface area contributed by atoms with Crippen LogP contribution in [0.2, 0.25) is 0 Å². The maximum atomic E-state index is 11.6. The van der Waals surface area contributed by atoms with E-state index in [0.29, 0.717) is 24.6 Å². The van der Waals surface area contributed by atoms with Gasteiger partial charge in [0.1, 0.15) is 0 Å². The van der Waals surface area contributed by atoms with Gasteiger partial charge in [-0.1, -0.05) is 18.2 Å². The number of carbonyl (C=O) groups is 1. The molecule has 0 bridgehead atoms. The smallest absolute Gasteiger partial charge is 0.251 e. The van der Waals surface area contributed by atoms with Crippen molar-refractivity contribution in [3.63, 3.8) is 0 Å². The molecule has 1 rings (SSSR count). The van der Waals surface area contributed by atoms with Gasteiger partial charge in [0.05, 0.1) is 0 Å². The Morgan fingerprint density at radius 1 is 1.17 bits per heavy atom. The van der Waals surface area contributed by atoms with Crippen molar-refractivity contribution in [2.75, 3.05) is 27.2 Å². The third kappa shape index (κ3) is 5.85. The quantitative estimate of drug-likeness (QED) is 0.322. The Kier molecular flexibility index (Phi) is 8.99. The highest BCUT2D eigenvalue weighted by molar-refractivity contribution is 14.0. The van der Waals surface area contributed by atoms with Crippen molar-refractivity contribution in [1.82, 2.24) is 16.0 Å². The van der Waals surface area contributed by atoms with Crippen LogP contribution in [0.1, 0.15) is 10.4 Å². The molecule has 0 aliphatic heterocycles. The van der Waals surface area contributed by atoms with E-state index in [-0.39, 0.29) is 29.9 Å². The average Bonchev–Trinajstić information content (AvgIpc) is 2.40. The lowest BCUT2D eigenvalue weighted by Crippen LogP contribution is -2.39. The second-order valence-electron chi connectivity index (χ2n) is 3.37. The average molecular weight is 362 g/mol. The number of aliphatic imine (C=N–C) groups is 1. The number of halogens is 1. The molecule has 0 aliphatic carbocycles.